The van der Waals surface area contributed by atoms with Gasteiger partial charge in [0, 0.05) is 17.3 Å². The first kappa shape index (κ1) is 15.5. The highest BCUT2D eigenvalue weighted by Crippen LogP contribution is 2.18. The number of hydrogen-bond donors (Lipinski definition) is 3. The van der Waals surface area contributed by atoms with Crippen molar-refractivity contribution < 1.29 is 19.5 Å². The van der Waals surface area contributed by atoms with Crippen LogP contribution in [0.4, 0.5) is 0 Å². The van der Waals surface area contributed by atoms with Gasteiger partial charge in [-0.25, -0.2) is 4.79 Å². The van der Waals surface area contributed by atoms with Crippen LogP contribution in [-0.4, -0.2) is 35.0 Å². The molecule has 0 aliphatic carbocycles. The molecule has 0 saturated carbocycles. The molecule has 21 heavy (non-hydrogen) atoms. The number of carbonyl (C=O) groups is 3. The van der Waals surface area contributed by atoms with Gasteiger partial charge in [0.25, 0.3) is 0 Å². The standard InChI is InChI=1S/C14H15BrN2O4/c15-9-4-2-1-3-8(9)7-11(14(20)21)17-13(19)10-5-6-12(18)16-10/h1-4,10-11H,5-7H2,(H,16,18)(H,17,19)(H,20,21)/t10-,11-/m1/s1. The van der Waals surface area contributed by atoms with E-state index in [4.69, 9.17) is 0 Å². The molecule has 112 valence electrons. The van der Waals surface area contributed by atoms with Crippen molar-refractivity contribution in [3.05, 3.63) is 34.3 Å². The number of aliphatic carboxylic acids is 1. The number of amides is 2. The Hall–Kier alpha value is -1.89. The van der Waals surface area contributed by atoms with Gasteiger partial charge in [-0.1, -0.05) is 34.1 Å². The maximum atomic E-state index is 12.0. The third kappa shape index (κ3) is 4.04. The SMILES string of the molecule is O=C1CC[C@H](C(=O)N[C@H](Cc2ccccc2Br)C(=O)O)N1. The molecule has 1 aliphatic rings. The molecule has 0 aromatic heterocycles. The molecule has 1 heterocycles. The second-order valence-electron chi connectivity index (χ2n) is 4.85. The smallest absolute Gasteiger partial charge is 0.326 e. The van der Waals surface area contributed by atoms with Gasteiger partial charge in [0.1, 0.15) is 12.1 Å². The van der Waals surface area contributed by atoms with E-state index >= 15 is 0 Å². The molecule has 0 bridgehead atoms. The third-order valence-corrected chi connectivity index (χ3v) is 4.08. The molecular weight excluding hydrogens is 340 g/mol. The molecule has 0 radical (unpaired) electrons. The summed E-state index contributed by atoms with van der Waals surface area (Å²) in [6.45, 7) is 0. The molecule has 6 nitrogen and oxygen atoms in total. The summed E-state index contributed by atoms with van der Waals surface area (Å²) in [6, 6.07) is 5.57. The molecule has 0 unspecified atom stereocenters. The minimum Gasteiger partial charge on any atom is -0.480 e. The summed E-state index contributed by atoms with van der Waals surface area (Å²) in [4.78, 5) is 34.4. The van der Waals surface area contributed by atoms with Crippen LogP contribution in [0.25, 0.3) is 0 Å². The Morgan fingerprint density at radius 1 is 1.43 bits per heavy atom. The zero-order valence-electron chi connectivity index (χ0n) is 11.1. The van der Waals surface area contributed by atoms with Gasteiger partial charge < -0.3 is 15.7 Å². The van der Waals surface area contributed by atoms with Gasteiger partial charge >= 0.3 is 5.97 Å². The molecule has 7 heteroatoms. The summed E-state index contributed by atoms with van der Waals surface area (Å²) in [5.41, 5.74) is 0.792. The molecular formula is C14H15BrN2O4. The summed E-state index contributed by atoms with van der Waals surface area (Å²) in [5, 5.41) is 14.3. The number of carboxylic acids is 1. The average molecular weight is 355 g/mol. The molecule has 3 N–H and O–H groups in total. The largest absolute Gasteiger partial charge is 0.480 e. The highest BCUT2D eigenvalue weighted by Gasteiger charge is 2.30. The van der Waals surface area contributed by atoms with Gasteiger partial charge in [-0.05, 0) is 18.1 Å². The zero-order valence-corrected chi connectivity index (χ0v) is 12.7. The maximum Gasteiger partial charge on any atom is 0.326 e. The van der Waals surface area contributed by atoms with E-state index in [1.165, 1.54) is 0 Å². The van der Waals surface area contributed by atoms with E-state index in [1.807, 2.05) is 12.1 Å². The Morgan fingerprint density at radius 3 is 2.71 bits per heavy atom. The predicted octanol–water partition coefficient (Wildman–Crippen LogP) is 0.840. The van der Waals surface area contributed by atoms with Crippen LogP contribution in [0.15, 0.2) is 28.7 Å². The van der Waals surface area contributed by atoms with E-state index in [-0.39, 0.29) is 12.3 Å². The average Bonchev–Trinajstić information content (AvgIpc) is 2.87. The molecule has 1 aromatic carbocycles. The topological polar surface area (TPSA) is 95.5 Å². The summed E-state index contributed by atoms with van der Waals surface area (Å²) >= 11 is 3.35. The Labute approximate surface area is 130 Å². The van der Waals surface area contributed by atoms with Crippen molar-refractivity contribution in [1.82, 2.24) is 10.6 Å². The molecule has 2 rings (SSSR count). The number of rotatable bonds is 5. The monoisotopic (exact) mass is 354 g/mol. The normalized spacial score (nSPS) is 18.9. The van der Waals surface area contributed by atoms with Gasteiger partial charge in [0.05, 0.1) is 0 Å². The minimum atomic E-state index is -1.11. The van der Waals surface area contributed by atoms with Crippen LogP contribution in [0.2, 0.25) is 0 Å². The van der Waals surface area contributed by atoms with Gasteiger partial charge in [-0.15, -0.1) is 0 Å². The highest BCUT2D eigenvalue weighted by molar-refractivity contribution is 9.10. The van der Waals surface area contributed by atoms with Gasteiger partial charge in [-0.2, -0.15) is 0 Å². The van der Waals surface area contributed by atoms with Crippen molar-refractivity contribution in [2.75, 3.05) is 0 Å². The minimum absolute atomic E-state index is 0.170. The van der Waals surface area contributed by atoms with Crippen molar-refractivity contribution in [2.24, 2.45) is 0 Å². The Morgan fingerprint density at radius 2 is 2.14 bits per heavy atom. The Kier molecular flexibility index (Phi) is 4.95. The molecule has 2 atom stereocenters. The van der Waals surface area contributed by atoms with E-state index in [9.17, 15) is 19.5 Å². The first-order valence-electron chi connectivity index (χ1n) is 6.53. The fourth-order valence-electron chi connectivity index (χ4n) is 2.17. The van der Waals surface area contributed by atoms with E-state index in [0.717, 1.165) is 10.0 Å². The predicted molar refractivity (Wildman–Crippen MR) is 78.6 cm³/mol. The van der Waals surface area contributed by atoms with E-state index < -0.39 is 24.0 Å². The van der Waals surface area contributed by atoms with Crippen LogP contribution in [0, 0.1) is 0 Å². The molecule has 2 amide bonds. The van der Waals surface area contributed by atoms with Crippen LogP contribution in [0.5, 0.6) is 0 Å². The van der Waals surface area contributed by atoms with Crippen molar-refractivity contribution in [1.29, 1.82) is 0 Å². The van der Waals surface area contributed by atoms with Crippen molar-refractivity contribution >= 4 is 33.7 Å². The fourth-order valence-corrected chi connectivity index (χ4v) is 2.61. The first-order valence-corrected chi connectivity index (χ1v) is 7.32. The zero-order chi connectivity index (χ0) is 15.4. The molecule has 1 aromatic rings. The van der Waals surface area contributed by atoms with Gasteiger partial charge in [0.15, 0.2) is 0 Å². The lowest BCUT2D eigenvalue weighted by atomic mass is 10.1. The summed E-state index contributed by atoms with van der Waals surface area (Å²) in [7, 11) is 0. The lowest BCUT2D eigenvalue weighted by Gasteiger charge is -2.18. The number of benzene rings is 1. The van der Waals surface area contributed by atoms with Crippen LogP contribution in [0.1, 0.15) is 18.4 Å². The lowest BCUT2D eigenvalue weighted by Crippen LogP contribution is -2.49. The number of hydrogen-bond acceptors (Lipinski definition) is 3. The quantitative estimate of drug-likeness (QED) is 0.729. The van der Waals surface area contributed by atoms with Gasteiger partial charge in [-0.3, -0.25) is 9.59 Å². The third-order valence-electron chi connectivity index (χ3n) is 3.31. The second kappa shape index (κ2) is 6.71. The Bertz CT molecular complexity index is 576. The molecule has 1 fully saturated rings. The number of carbonyl (C=O) groups excluding carboxylic acids is 2. The molecule has 0 spiro atoms. The number of halogens is 1. The lowest BCUT2D eigenvalue weighted by molar-refractivity contribution is -0.142. The van der Waals surface area contributed by atoms with Crippen LogP contribution in [-0.2, 0) is 20.8 Å². The van der Waals surface area contributed by atoms with E-state index in [0.29, 0.717) is 12.8 Å². The molecule has 1 aliphatic heterocycles. The Balaban J connectivity index is 2.03. The highest BCUT2D eigenvalue weighted by atomic mass is 79.9. The van der Waals surface area contributed by atoms with Crippen LogP contribution in [0.3, 0.4) is 0 Å². The number of carboxylic acid groups (broad SMARTS) is 1. The summed E-state index contributed by atoms with van der Waals surface area (Å²) in [5.74, 6) is -1.75. The summed E-state index contributed by atoms with van der Waals surface area (Å²) < 4.78 is 0.791. The maximum absolute atomic E-state index is 12.0. The fraction of sp³-hybridized carbons (Fsp3) is 0.357. The van der Waals surface area contributed by atoms with Crippen molar-refractivity contribution in [3.63, 3.8) is 0 Å². The van der Waals surface area contributed by atoms with Crippen molar-refractivity contribution in [3.8, 4) is 0 Å². The summed E-state index contributed by atoms with van der Waals surface area (Å²) in [6.07, 6.45) is 0.856. The second-order valence-corrected chi connectivity index (χ2v) is 5.71. The van der Waals surface area contributed by atoms with E-state index in [1.54, 1.807) is 12.1 Å². The van der Waals surface area contributed by atoms with E-state index in [2.05, 4.69) is 26.6 Å². The number of nitrogens with one attached hydrogen (secondary N) is 2. The van der Waals surface area contributed by atoms with Crippen LogP contribution >= 0.6 is 15.9 Å². The van der Waals surface area contributed by atoms with Crippen molar-refractivity contribution in [2.45, 2.75) is 31.3 Å². The van der Waals surface area contributed by atoms with Crippen LogP contribution < -0.4 is 10.6 Å². The first-order chi connectivity index (χ1) is 9.97. The van der Waals surface area contributed by atoms with Gasteiger partial charge in [0.2, 0.25) is 11.8 Å². The molecule has 1 saturated heterocycles.